The second kappa shape index (κ2) is 8.08. The number of halogens is 1. The van der Waals surface area contributed by atoms with Gasteiger partial charge in [-0.25, -0.2) is 4.79 Å². The number of piperazine rings is 1. The van der Waals surface area contributed by atoms with E-state index in [4.69, 9.17) is 11.6 Å². The first-order chi connectivity index (χ1) is 14.7. The summed E-state index contributed by atoms with van der Waals surface area (Å²) in [6.45, 7) is 9.04. The predicted octanol–water partition coefficient (Wildman–Crippen LogP) is 4.44. The third kappa shape index (κ3) is 4.22. The SMILES string of the molecule is CC(=O)N1CCN(c2cccc(C3Nc4c(cc(Cl)cc4C(=O)O)CC3(C)C)c2)CC1. The zero-order chi connectivity index (χ0) is 22.3. The van der Waals surface area contributed by atoms with Crippen molar-refractivity contribution in [3.63, 3.8) is 0 Å². The van der Waals surface area contributed by atoms with E-state index in [1.165, 1.54) is 6.07 Å². The predicted molar refractivity (Wildman–Crippen MR) is 123 cm³/mol. The molecule has 0 aliphatic carbocycles. The molecule has 1 amide bonds. The number of aromatic carboxylic acids is 1. The van der Waals surface area contributed by atoms with Gasteiger partial charge >= 0.3 is 5.97 Å². The van der Waals surface area contributed by atoms with Crippen molar-refractivity contribution in [1.29, 1.82) is 0 Å². The molecule has 2 N–H and O–H groups in total. The maximum absolute atomic E-state index is 11.8. The maximum Gasteiger partial charge on any atom is 0.337 e. The monoisotopic (exact) mass is 441 g/mol. The number of amides is 1. The van der Waals surface area contributed by atoms with Crippen molar-refractivity contribution in [1.82, 2.24) is 4.90 Å². The van der Waals surface area contributed by atoms with Crippen molar-refractivity contribution < 1.29 is 14.7 Å². The van der Waals surface area contributed by atoms with Gasteiger partial charge in [-0.15, -0.1) is 0 Å². The number of carbonyl (C=O) groups is 2. The zero-order valence-electron chi connectivity index (χ0n) is 18.1. The minimum absolute atomic E-state index is 0.0438. The molecule has 1 fully saturated rings. The number of anilines is 2. The van der Waals surface area contributed by atoms with Gasteiger partial charge in [0, 0.05) is 43.8 Å². The number of carboxylic acid groups (broad SMARTS) is 1. The van der Waals surface area contributed by atoms with Crippen LogP contribution in [0.25, 0.3) is 0 Å². The summed E-state index contributed by atoms with van der Waals surface area (Å²) in [6.07, 6.45) is 0.725. The first-order valence-corrected chi connectivity index (χ1v) is 11.0. The average molecular weight is 442 g/mol. The lowest BCUT2D eigenvalue weighted by molar-refractivity contribution is -0.129. The smallest absolute Gasteiger partial charge is 0.337 e. The average Bonchev–Trinajstić information content (AvgIpc) is 2.72. The van der Waals surface area contributed by atoms with Crippen LogP contribution in [0.4, 0.5) is 11.4 Å². The van der Waals surface area contributed by atoms with Crippen LogP contribution in [0.3, 0.4) is 0 Å². The Morgan fingerprint density at radius 1 is 1.13 bits per heavy atom. The van der Waals surface area contributed by atoms with E-state index < -0.39 is 5.97 Å². The molecule has 2 aromatic carbocycles. The van der Waals surface area contributed by atoms with E-state index in [0.29, 0.717) is 10.7 Å². The number of nitrogens with zero attached hydrogens (tertiary/aromatic N) is 2. The molecule has 0 spiro atoms. The summed E-state index contributed by atoms with van der Waals surface area (Å²) in [5.41, 5.74) is 3.90. The van der Waals surface area contributed by atoms with Crippen LogP contribution in [0.1, 0.15) is 48.3 Å². The molecule has 2 aromatic rings. The second-order valence-electron chi connectivity index (χ2n) is 9.12. The first kappa shape index (κ1) is 21.5. The largest absolute Gasteiger partial charge is 0.478 e. The highest BCUT2D eigenvalue weighted by Gasteiger charge is 2.38. The molecule has 2 aliphatic heterocycles. The van der Waals surface area contributed by atoms with Crippen LogP contribution in [0, 0.1) is 5.41 Å². The van der Waals surface area contributed by atoms with E-state index in [-0.39, 0.29) is 22.9 Å². The molecule has 2 aliphatic rings. The number of hydrogen-bond acceptors (Lipinski definition) is 4. The summed E-state index contributed by atoms with van der Waals surface area (Å²) in [4.78, 5) is 27.6. The maximum atomic E-state index is 11.8. The molecule has 2 heterocycles. The standard InChI is InChI=1S/C24H28ClN3O3/c1-15(29)27-7-9-28(10-8-27)19-6-4-5-16(12-19)22-24(2,3)14-17-11-18(25)13-20(23(30)31)21(17)26-22/h4-6,11-13,22,26H,7-10,14H2,1-3H3,(H,30,31). The van der Waals surface area contributed by atoms with Crippen LogP contribution in [0.15, 0.2) is 36.4 Å². The number of carbonyl (C=O) groups excluding carboxylic acids is 1. The molecule has 164 valence electrons. The van der Waals surface area contributed by atoms with Crippen molar-refractivity contribution in [3.05, 3.63) is 58.1 Å². The fraction of sp³-hybridized carbons (Fsp3) is 0.417. The number of carboxylic acids is 1. The van der Waals surface area contributed by atoms with E-state index in [9.17, 15) is 14.7 Å². The van der Waals surface area contributed by atoms with E-state index >= 15 is 0 Å². The Kier molecular flexibility index (Phi) is 5.60. The minimum Gasteiger partial charge on any atom is -0.478 e. The van der Waals surface area contributed by atoms with Crippen molar-refractivity contribution >= 4 is 34.9 Å². The Hall–Kier alpha value is -2.73. The fourth-order valence-corrected chi connectivity index (χ4v) is 5.03. The first-order valence-electron chi connectivity index (χ1n) is 10.6. The highest BCUT2D eigenvalue weighted by Crippen LogP contribution is 2.47. The van der Waals surface area contributed by atoms with Gasteiger partial charge in [0.2, 0.25) is 5.91 Å². The van der Waals surface area contributed by atoms with Gasteiger partial charge in [0.1, 0.15) is 0 Å². The lowest BCUT2D eigenvalue weighted by Crippen LogP contribution is -2.48. The molecular formula is C24H28ClN3O3. The highest BCUT2D eigenvalue weighted by atomic mass is 35.5. The van der Waals surface area contributed by atoms with Crippen molar-refractivity contribution in [2.75, 3.05) is 36.4 Å². The Balaban J connectivity index is 1.64. The van der Waals surface area contributed by atoms with Gasteiger partial charge in [0.05, 0.1) is 17.3 Å². The van der Waals surface area contributed by atoms with Gasteiger partial charge in [-0.1, -0.05) is 37.6 Å². The van der Waals surface area contributed by atoms with E-state index in [1.54, 1.807) is 6.92 Å². The van der Waals surface area contributed by atoms with Crippen molar-refractivity contribution in [2.45, 2.75) is 33.2 Å². The number of nitrogens with one attached hydrogen (secondary N) is 1. The molecule has 0 saturated carbocycles. The zero-order valence-corrected chi connectivity index (χ0v) is 18.9. The molecule has 31 heavy (non-hydrogen) atoms. The van der Waals surface area contributed by atoms with Crippen molar-refractivity contribution in [3.8, 4) is 0 Å². The molecule has 6 nitrogen and oxygen atoms in total. The Bertz CT molecular complexity index is 1030. The second-order valence-corrected chi connectivity index (χ2v) is 9.56. The fourth-order valence-electron chi connectivity index (χ4n) is 4.79. The number of benzene rings is 2. The molecule has 7 heteroatoms. The molecule has 1 unspecified atom stereocenters. The number of hydrogen-bond donors (Lipinski definition) is 2. The molecule has 0 bridgehead atoms. The van der Waals surface area contributed by atoms with Gasteiger partial charge in [0.25, 0.3) is 0 Å². The van der Waals surface area contributed by atoms with E-state index in [1.807, 2.05) is 11.0 Å². The van der Waals surface area contributed by atoms with Crippen LogP contribution in [0.5, 0.6) is 0 Å². The van der Waals surface area contributed by atoms with Gasteiger partial charge in [-0.2, -0.15) is 0 Å². The Morgan fingerprint density at radius 2 is 1.84 bits per heavy atom. The summed E-state index contributed by atoms with van der Waals surface area (Å²) in [5, 5.41) is 13.7. The molecule has 1 saturated heterocycles. The van der Waals surface area contributed by atoms with Crippen LogP contribution < -0.4 is 10.2 Å². The third-order valence-corrected chi connectivity index (χ3v) is 6.64. The van der Waals surface area contributed by atoms with Gasteiger partial charge in [-0.3, -0.25) is 4.79 Å². The lowest BCUT2D eigenvalue weighted by atomic mass is 9.72. The Labute approximate surface area is 187 Å². The highest BCUT2D eigenvalue weighted by molar-refractivity contribution is 6.31. The van der Waals surface area contributed by atoms with Crippen LogP contribution in [-0.2, 0) is 11.2 Å². The molecule has 1 atom stereocenters. The van der Waals surface area contributed by atoms with Crippen molar-refractivity contribution in [2.24, 2.45) is 5.41 Å². The van der Waals surface area contributed by atoms with Crippen LogP contribution in [0.2, 0.25) is 5.02 Å². The molecule has 4 rings (SSSR count). The van der Waals surface area contributed by atoms with Gasteiger partial charge in [0.15, 0.2) is 0 Å². The quantitative estimate of drug-likeness (QED) is 0.736. The summed E-state index contributed by atoms with van der Waals surface area (Å²) in [6, 6.07) is 11.8. The lowest BCUT2D eigenvalue weighted by Gasteiger charge is -2.42. The minimum atomic E-state index is -0.984. The van der Waals surface area contributed by atoms with E-state index in [2.05, 4.69) is 48.3 Å². The van der Waals surface area contributed by atoms with Gasteiger partial charge in [-0.05, 0) is 47.2 Å². The summed E-state index contributed by atoms with van der Waals surface area (Å²) in [5.74, 6) is -0.864. The van der Waals surface area contributed by atoms with Crippen LogP contribution in [-0.4, -0.2) is 48.1 Å². The molecule has 0 aromatic heterocycles. The normalized spacial score (nSPS) is 20.1. The summed E-state index contributed by atoms with van der Waals surface area (Å²) >= 11 is 6.19. The number of fused-ring (bicyclic) bond motifs is 1. The molecular weight excluding hydrogens is 414 g/mol. The third-order valence-electron chi connectivity index (χ3n) is 6.43. The molecule has 0 radical (unpaired) electrons. The van der Waals surface area contributed by atoms with Gasteiger partial charge < -0.3 is 20.2 Å². The van der Waals surface area contributed by atoms with Crippen LogP contribution >= 0.6 is 11.6 Å². The topological polar surface area (TPSA) is 72.9 Å². The summed E-state index contributed by atoms with van der Waals surface area (Å²) < 4.78 is 0. The Morgan fingerprint density at radius 3 is 2.48 bits per heavy atom. The number of rotatable bonds is 3. The van der Waals surface area contributed by atoms with E-state index in [0.717, 1.165) is 49.4 Å². The summed E-state index contributed by atoms with van der Waals surface area (Å²) in [7, 11) is 0.